The molecule has 11 nitrogen and oxygen atoms in total. The molecule has 1 aromatic heterocycles. The molecule has 37 heavy (non-hydrogen) atoms. The van der Waals surface area contributed by atoms with Crippen LogP contribution < -0.4 is 25.4 Å². The second kappa shape index (κ2) is 14.2. The Hall–Kier alpha value is -3.60. The molecule has 1 aliphatic heterocycles. The Bertz CT molecular complexity index is 1030. The van der Waals surface area contributed by atoms with Gasteiger partial charge in [0.15, 0.2) is 11.6 Å². The fraction of sp³-hybridized carbons (Fsp3) is 0.538. The Kier molecular flexibility index (Phi) is 10.8. The molecule has 0 bridgehead atoms. The third-order valence-electron chi connectivity index (χ3n) is 6.24. The molecule has 3 rings (SSSR count). The molecule has 0 unspecified atom stereocenters. The lowest BCUT2D eigenvalue weighted by Gasteiger charge is -2.32. The number of aromatic nitrogens is 2. The molecule has 0 radical (unpaired) electrons. The maximum Gasteiger partial charge on any atom is 0.320 e. The molecule has 0 saturated carbocycles. The van der Waals surface area contributed by atoms with Crippen LogP contribution in [-0.2, 0) is 16.0 Å². The first kappa shape index (κ1) is 28.0. The molecule has 202 valence electrons. The number of ether oxygens (including phenoxy) is 2. The first-order chi connectivity index (χ1) is 17.9. The summed E-state index contributed by atoms with van der Waals surface area (Å²) in [5.41, 5.74) is 7.32. The van der Waals surface area contributed by atoms with Gasteiger partial charge in [-0.3, -0.25) is 14.5 Å². The Morgan fingerprint density at radius 1 is 1.30 bits per heavy atom. The third kappa shape index (κ3) is 8.49. The van der Waals surface area contributed by atoms with Gasteiger partial charge in [-0.2, -0.15) is 9.97 Å². The fourth-order valence-electron chi connectivity index (χ4n) is 4.28. The van der Waals surface area contributed by atoms with Crippen LogP contribution in [0.25, 0.3) is 0 Å². The zero-order valence-corrected chi connectivity index (χ0v) is 21.7. The van der Waals surface area contributed by atoms with Gasteiger partial charge in [-0.25, -0.2) is 0 Å². The van der Waals surface area contributed by atoms with Gasteiger partial charge in [-0.15, -0.1) is 0 Å². The van der Waals surface area contributed by atoms with Crippen molar-refractivity contribution in [2.24, 2.45) is 0 Å². The lowest BCUT2D eigenvalue weighted by atomic mass is 10.1. The quantitative estimate of drug-likeness (QED) is 0.240. The Morgan fingerprint density at radius 3 is 2.76 bits per heavy atom. The van der Waals surface area contributed by atoms with E-state index < -0.39 is 5.97 Å². The Labute approximate surface area is 218 Å². The first-order valence-corrected chi connectivity index (χ1v) is 12.8. The first-order valence-electron chi connectivity index (χ1n) is 12.8. The van der Waals surface area contributed by atoms with Crippen LogP contribution in [0.5, 0.6) is 11.8 Å². The molecule has 11 heteroatoms. The summed E-state index contributed by atoms with van der Waals surface area (Å²) in [5.74, 6) is 0.501. The van der Waals surface area contributed by atoms with Crippen LogP contribution in [0.1, 0.15) is 44.6 Å². The zero-order chi connectivity index (χ0) is 26.6. The number of benzene rings is 1. The van der Waals surface area contributed by atoms with Gasteiger partial charge >= 0.3 is 12.0 Å². The number of carbonyl (C=O) groups excluding carboxylic acids is 1. The molecule has 0 atom stereocenters. The predicted octanol–water partition coefficient (Wildman–Crippen LogP) is 2.80. The molecule has 2 aromatic rings. The molecular formula is C26H38N6O5. The zero-order valence-electron chi connectivity index (χ0n) is 21.7. The number of piperidine rings is 1. The molecule has 1 fully saturated rings. The van der Waals surface area contributed by atoms with E-state index in [1.165, 1.54) is 4.90 Å². The number of aliphatic carboxylic acids is 1. The minimum atomic E-state index is -0.857. The highest BCUT2D eigenvalue weighted by Gasteiger charge is 2.22. The Balaban J connectivity index is 1.49. The van der Waals surface area contributed by atoms with E-state index in [2.05, 4.69) is 27.1 Å². The average molecular weight is 515 g/mol. The van der Waals surface area contributed by atoms with Crippen LogP contribution >= 0.6 is 0 Å². The van der Waals surface area contributed by atoms with Crippen LogP contribution in [0.2, 0.25) is 0 Å². The van der Waals surface area contributed by atoms with Crippen molar-refractivity contribution in [3.8, 4) is 11.8 Å². The van der Waals surface area contributed by atoms with Gasteiger partial charge in [0.2, 0.25) is 6.41 Å². The van der Waals surface area contributed by atoms with Crippen LogP contribution in [-0.4, -0.2) is 78.3 Å². The number of nitrogens with one attached hydrogen (secondary N) is 1. The molecule has 0 aliphatic carbocycles. The number of carboxylic acid groups (broad SMARTS) is 1. The van der Waals surface area contributed by atoms with Crippen molar-refractivity contribution in [2.75, 3.05) is 55.8 Å². The number of nitrogens with two attached hydrogens (primary N) is 1. The van der Waals surface area contributed by atoms with Crippen molar-refractivity contribution >= 4 is 29.7 Å². The Morgan fingerprint density at radius 2 is 2.08 bits per heavy atom. The number of nitrogen functional groups attached to an aromatic ring is 1. The van der Waals surface area contributed by atoms with E-state index in [0.717, 1.165) is 63.7 Å². The lowest BCUT2D eigenvalue weighted by Crippen LogP contribution is -2.39. The molecular weight excluding hydrogens is 476 g/mol. The average Bonchev–Trinajstić information content (AvgIpc) is 2.87. The number of amides is 1. The van der Waals surface area contributed by atoms with Gasteiger partial charge in [0.05, 0.1) is 13.0 Å². The smallest absolute Gasteiger partial charge is 0.320 e. The summed E-state index contributed by atoms with van der Waals surface area (Å²) in [6.45, 7) is 5.65. The maximum atomic E-state index is 11.9. The topological polar surface area (TPSA) is 143 Å². The van der Waals surface area contributed by atoms with Crippen LogP contribution in [0.15, 0.2) is 24.3 Å². The van der Waals surface area contributed by atoms with Crippen molar-refractivity contribution in [1.29, 1.82) is 0 Å². The highest BCUT2D eigenvalue weighted by Crippen LogP contribution is 2.30. The standard InChI is InChI=1S/C26H38N6O5/c1-3-4-15-36-26-29-24(27)23(28-2)25(30-26)32(18-33)12-6-11-31-13-9-20(10-14-31)37-21-8-5-7-19(16-21)17-22(34)35/h5,7-8,16,18,20,28H,3-4,6,9-15,17H2,1-2H3,(H,34,35)(H2,27,29,30). The maximum absolute atomic E-state index is 11.9. The number of carboxylic acids is 1. The van der Waals surface area contributed by atoms with E-state index in [0.29, 0.717) is 30.4 Å². The van der Waals surface area contributed by atoms with E-state index in [1.54, 1.807) is 19.2 Å². The predicted molar refractivity (Wildman–Crippen MR) is 142 cm³/mol. The SMILES string of the molecule is CCCCOc1nc(N)c(NC)c(N(C=O)CCCN2CCC(Oc3cccc(CC(=O)O)c3)CC2)n1. The number of hydrogen-bond donors (Lipinski definition) is 3. The number of unbranched alkanes of at least 4 members (excludes halogenated alkanes) is 1. The van der Waals surface area contributed by atoms with E-state index >= 15 is 0 Å². The largest absolute Gasteiger partial charge is 0.490 e. The van der Waals surface area contributed by atoms with Crippen LogP contribution in [0, 0.1) is 0 Å². The van der Waals surface area contributed by atoms with Gasteiger partial charge in [0.25, 0.3) is 0 Å². The summed E-state index contributed by atoms with van der Waals surface area (Å²) in [5, 5.41) is 12.0. The van der Waals surface area contributed by atoms with Gasteiger partial charge in [0, 0.05) is 26.7 Å². The van der Waals surface area contributed by atoms with Gasteiger partial charge in [0.1, 0.15) is 17.5 Å². The summed E-state index contributed by atoms with van der Waals surface area (Å²) in [4.78, 5) is 35.4. The molecule has 1 amide bonds. The van der Waals surface area contributed by atoms with Crippen LogP contribution in [0.3, 0.4) is 0 Å². The van der Waals surface area contributed by atoms with Crippen LogP contribution in [0.4, 0.5) is 17.3 Å². The summed E-state index contributed by atoms with van der Waals surface area (Å²) >= 11 is 0. The second-order valence-corrected chi connectivity index (χ2v) is 9.07. The molecule has 2 heterocycles. The summed E-state index contributed by atoms with van der Waals surface area (Å²) in [6.07, 6.45) is 5.23. The minimum Gasteiger partial charge on any atom is -0.490 e. The second-order valence-electron chi connectivity index (χ2n) is 9.07. The molecule has 4 N–H and O–H groups in total. The third-order valence-corrected chi connectivity index (χ3v) is 6.24. The number of hydrogen-bond acceptors (Lipinski definition) is 9. The highest BCUT2D eigenvalue weighted by molar-refractivity contribution is 5.85. The summed E-state index contributed by atoms with van der Waals surface area (Å²) < 4.78 is 11.7. The van der Waals surface area contributed by atoms with Crippen molar-refractivity contribution in [3.05, 3.63) is 29.8 Å². The normalized spacial score (nSPS) is 14.2. The fourth-order valence-corrected chi connectivity index (χ4v) is 4.28. The van der Waals surface area contributed by atoms with Crippen molar-refractivity contribution in [2.45, 2.75) is 51.6 Å². The number of nitrogens with zero attached hydrogens (tertiary/aromatic N) is 4. The van der Waals surface area contributed by atoms with E-state index in [9.17, 15) is 9.59 Å². The lowest BCUT2D eigenvalue weighted by molar-refractivity contribution is -0.136. The highest BCUT2D eigenvalue weighted by atomic mass is 16.5. The number of anilines is 3. The summed E-state index contributed by atoms with van der Waals surface area (Å²) in [6, 6.07) is 7.45. The van der Waals surface area contributed by atoms with Gasteiger partial charge in [-0.05, 0) is 49.9 Å². The summed E-state index contributed by atoms with van der Waals surface area (Å²) in [7, 11) is 1.72. The van der Waals surface area contributed by atoms with Crippen molar-refractivity contribution in [1.82, 2.24) is 14.9 Å². The van der Waals surface area contributed by atoms with E-state index in [1.807, 2.05) is 12.1 Å². The van der Waals surface area contributed by atoms with Gasteiger partial charge in [-0.1, -0.05) is 25.5 Å². The monoisotopic (exact) mass is 514 g/mol. The van der Waals surface area contributed by atoms with E-state index in [-0.39, 0.29) is 24.4 Å². The number of likely N-dealkylation sites (tertiary alicyclic amines) is 1. The number of rotatable bonds is 15. The van der Waals surface area contributed by atoms with Gasteiger partial charge < -0.3 is 30.5 Å². The van der Waals surface area contributed by atoms with E-state index in [4.69, 9.17) is 20.3 Å². The molecule has 1 saturated heterocycles. The molecule has 1 aliphatic rings. The number of carbonyl (C=O) groups is 2. The van der Waals surface area contributed by atoms with Crippen molar-refractivity contribution in [3.63, 3.8) is 0 Å². The molecule has 1 aromatic carbocycles. The minimum absolute atomic E-state index is 0.0158. The molecule has 0 spiro atoms. The van der Waals surface area contributed by atoms with Crippen molar-refractivity contribution < 1.29 is 24.2 Å².